The minimum atomic E-state index is -1.33. The maximum absolute atomic E-state index is 5.55. The summed E-state index contributed by atoms with van der Waals surface area (Å²) in [6, 6.07) is 0. The van der Waals surface area contributed by atoms with E-state index in [2.05, 4.69) is 13.8 Å². The zero-order valence-electron chi connectivity index (χ0n) is 8.09. The van der Waals surface area contributed by atoms with E-state index < -0.39 is 14.8 Å². The predicted molar refractivity (Wildman–Crippen MR) is 48.7 cm³/mol. The number of rotatable bonds is 6. The molecule has 2 nitrogen and oxygen atoms in total. The normalized spacial score (nSPS) is 13.1. The van der Waals surface area contributed by atoms with Gasteiger partial charge in [-0.2, -0.15) is 0 Å². The molecule has 0 aromatic heterocycles. The predicted octanol–water partition coefficient (Wildman–Crippen LogP) is 2.35. The summed E-state index contributed by atoms with van der Waals surface area (Å²) in [4.78, 5) is 0. The number of hydrogen-bond donors (Lipinski definition) is 0. The lowest BCUT2D eigenvalue weighted by Gasteiger charge is -2.15. The first kappa shape index (κ1) is 11.5. The van der Waals surface area contributed by atoms with E-state index in [0.717, 1.165) is 19.6 Å². The third-order valence-corrected chi connectivity index (χ3v) is 4.49. The highest BCUT2D eigenvalue weighted by Gasteiger charge is 2.30. The maximum Gasteiger partial charge on any atom is 0.677 e. The topological polar surface area (TPSA) is 18.5 Å². The van der Waals surface area contributed by atoms with E-state index in [9.17, 15) is 0 Å². The first-order valence-electron chi connectivity index (χ1n) is 4.49. The molecular formula is C8H19AlO2. The molecule has 3 heteroatoms. The lowest BCUT2D eigenvalue weighted by atomic mass is 10.4. The van der Waals surface area contributed by atoms with E-state index in [1.807, 2.05) is 13.8 Å². The summed E-state index contributed by atoms with van der Waals surface area (Å²) in [5, 5.41) is 0. The quantitative estimate of drug-likeness (QED) is 0.575. The van der Waals surface area contributed by atoms with E-state index >= 15 is 0 Å². The van der Waals surface area contributed by atoms with Gasteiger partial charge in [0.15, 0.2) is 0 Å². The molecule has 0 amide bonds. The highest BCUT2D eigenvalue weighted by Crippen LogP contribution is 2.15. The molecule has 0 heterocycles. The van der Waals surface area contributed by atoms with Crippen LogP contribution in [0.2, 0.25) is 4.78 Å². The van der Waals surface area contributed by atoms with E-state index in [4.69, 9.17) is 7.58 Å². The fourth-order valence-electron chi connectivity index (χ4n) is 0.898. The molecule has 0 rings (SSSR count). The Bertz CT molecular complexity index is 82.2. The van der Waals surface area contributed by atoms with Crippen LogP contribution in [-0.4, -0.2) is 28.0 Å². The van der Waals surface area contributed by atoms with Crippen molar-refractivity contribution in [1.82, 2.24) is 0 Å². The van der Waals surface area contributed by atoms with Crippen LogP contribution in [0, 0.1) is 0 Å². The second kappa shape index (κ2) is 7.12. The second-order valence-corrected chi connectivity index (χ2v) is 5.21. The molecule has 0 fully saturated rings. The molecule has 0 spiro atoms. The monoisotopic (exact) mass is 174 g/mol. The van der Waals surface area contributed by atoms with E-state index in [1.54, 1.807) is 0 Å². The Kier molecular flexibility index (Phi) is 7.41. The molecule has 0 aliphatic rings. The summed E-state index contributed by atoms with van der Waals surface area (Å²) in [7, 11) is 0. The summed E-state index contributed by atoms with van der Waals surface area (Å²) in [5.74, 6) is 0. The molecule has 0 aromatic rings. The molecule has 0 radical (unpaired) electrons. The molecule has 0 N–H and O–H groups in total. The summed E-state index contributed by atoms with van der Waals surface area (Å²) in [5.41, 5.74) is 0. The largest absolute Gasteiger partial charge is 0.677 e. The van der Waals surface area contributed by atoms with Crippen molar-refractivity contribution < 1.29 is 7.58 Å². The third-order valence-electron chi connectivity index (χ3n) is 1.77. The Labute approximate surface area is 74.9 Å². The Morgan fingerprint density at radius 1 is 1.09 bits per heavy atom. The highest BCUT2D eigenvalue weighted by molar-refractivity contribution is 6.46. The van der Waals surface area contributed by atoms with Crippen molar-refractivity contribution in [2.24, 2.45) is 0 Å². The van der Waals surface area contributed by atoms with Crippen molar-refractivity contribution >= 4 is 14.8 Å². The lowest BCUT2D eigenvalue weighted by Crippen LogP contribution is -2.27. The van der Waals surface area contributed by atoms with E-state index in [0.29, 0.717) is 4.78 Å². The Hall–Kier alpha value is 0.452. The fraction of sp³-hybridized carbons (Fsp3) is 1.00. The first-order chi connectivity index (χ1) is 5.26. The molecule has 66 valence electrons. The SMILES string of the molecule is CC[O][Al]([O]CC)[CH](C)CC. The van der Waals surface area contributed by atoms with Crippen LogP contribution in [0.15, 0.2) is 0 Å². The minimum absolute atomic E-state index is 0.634. The lowest BCUT2D eigenvalue weighted by molar-refractivity contribution is 0.204. The highest BCUT2D eigenvalue weighted by atomic mass is 27.2. The van der Waals surface area contributed by atoms with Crippen molar-refractivity contribution in [3.63, 3.8) is 0 Å². The summed E-state index contributed by atoms with van der Waals surface area (Å²) in [6.07, 6.45) is 1.16. The summed E-state index contributed by atoms with van der Waals surface area (Å²) >= 11 is -1.33. The van der Waals surface area contributed by atoms with Crippen LogP contribution in [0.5, 0.6) is 0 Å². The van der Waals surface area contributed by atoms with Crippen molar-refractivity contribution in [2.75, 3.05) is 13.2 Å². The molecule has 1 atom stereocenters. The molecule has 0 aliphatic heterocycles. The van der Waals surface area contributed by atoms with Crippen LogP contribution < -0.4 is 0 Å². The molecule has 1 unspecified atom stereocenters. The molecule has 0 aromatic carbocycles. The molecule has 0 aliphatic carbocycles. The average molecular weight is 174 g/mol. The second-order valence-electron chi connectivity index (χ2n) is 2.66. The smallest absolute Gasteiger partial charge is 0.478 e. The van der Waals surface area contributed by atoms with Crippen LogP contribution in [0.25, 0.3) is 0 Å². The van der Waals surface area contributed by atoms with Gasteiger partial charge < -0.3 is 7.58 Å². The Morgan fingerprint density at radius 2 is 1.55 bits per heavy atom. The molecule has 0 saturated heterocycles. The summed E-state index contributed by atoms with van der Waals surface area (Å²) < 4.78 is 11.7. The fourth-order valence-corrected chi connectivity index (χ4v) is 2.69. The van der Waals surface area contributed by atoms with Gasteiger partial charge in [-0.3, -0.25) is 0 Å². The minimum Gasteiger partial charge on any atom is -0.478 e. The standard InChI is InChI=1S/C4H9.2C2H5O.Al/c1-3-4-2;2*1-2-3;/h3H,4H2,1-2H3;2*2H2,1H3;/q;2*-1;+2. The van der Waals surface area contributed by atoms with Gasteiger partial charge in [-0.15, -0.1) is 0 Å². The molecular weight excluding hydrogens is 155 g/mol. The molecule has 0 saturated carbocycles. The van der Waals surface area contributed by atoms with Gasteiger partial charge in [0.05, 0.1) is 0 Å². The van der Waals surface area contributed by atoms with Gasteiger partial charge in [0.1, 0.15) is 0 Å². The zero-order valence-corrected chi connectivity index (χ0v) is 9.25. The zero-order chi connectivity index (χ0) is 8.69. The van der Waals surface area contributed by atoms with Crippen molar-refractivity contribution in [3.8, 4) is 0 Å². The van der Waals surface area contributed by atoms with Gasteiger partial charge in [0.2, 0.25) is 0 Å². The molecule has 11 heavy (non-hydrogen) atoms. The van der Waals surface area contributed by atoms with Gasteiger partial charge in [-0.1, -0.05) is 20.3 Å². The summed E-state index contributed by atoms with van der Waals surface area (Å²) in [6.45, 7) is 10.0. The van der Waals surface area contributed by atoms with Crippen molar-refractivity contribution in [1.29, 1.82) is 0 Å². The Morgan fingerprint density at radius 3 is 1.82 bits per heavy atom. The van der Waals surface area contributed by atoms with Gasteiger partial charge in [0, 0.05) is 13.2 Å². The van der Waals surface area contributed by atoms with Crippen LogP contribution in [0.4, 0.5) is 0 Å². The maximum atomic E-state index is 5.55. The number of hydrogen-bond acceptors (Lipinski definition) is 2. The van der Waals surface area contributed by atoms with Crippen LogP contribution in [-0.2, 0) is 7.58 Å². The van der Waals surface area contributed by atoms with Crippen LogP contribution in [0.1, 0.15) is 34.1 Å². The van der Waals surface area contributed by atoms with Gasteiger partial charge in [0.25, 0.3) is 0 Å². The van der Waals surface area contributed by atoms with Crippen LogP contribution >= 0.6 is 0 Å². The van der Waals surface area contributed by atoms with Gasteiger partial charge >= 0.3 is 14.8 Å². The van der Waals surface area contributed by atoms with Gasteiger partial charge in [-0.05, 0) is 18.6 Å². The van der Waals surface area contributed by atoms with E-state index in [-0.39, 0.29) is 0 Å². The Balaban J connectivity index is 3.66. The average Bonchev–Trinajstić information content (AvgIpc) is 2.03. The third kappa shape index (κ3) is 4.82. The van der Waals surface area contributed by atoms with E-state index in [1.165, 1.54) is 0 Å². The van der Waals surface area contributed by atoms with Gasteiger partial charge in [-0.25, -0.2) is 0 Å². The van der Waals surface area contributed by atoms with Crippen molar-refractivity contribution in [3.05, 3.63) is 0 Å². The first-order valence-corrected chi connectivity index (χ1v) is 6.10. The molecule has 0 bridgehead atoms. The van der Waals surface area contributed by atoms with Crippen LogP contribution in [0.3, 0.4) is 0 Å². The van der Waals surface area contributed by atoms with Crippen molar-refractivity contribution in [2.45, 2.75) is 38.9 Å².